The van der Waals surface area contributed by atoms with Crippen LogP contribution in [0.4, 0.5) is 0 Å². The Morgan fingerprint density at radius 2 is 1.94 bits per heavy atom. The van der Waals surface area contributed by atoms with Crippen molar-refractivity contribution in [1.82, 2.24) is 4.57 Å². The summed E-state index contributed by atoms with van der Waals surface area (Å²) in [7, 11) is 0. The van der Waals surface area contributed by atoms with Crippen LogP contribution >= 0.6 is 0 Å². The van der Waals surface area contributed by atoms with Gasteiger partial charge >= 0.3 is 5.97 Å². The van der Waals surface area contributed by atoms with E-state index in [0.717, 1.165) is 10.9 Å². The van der Waals surface area contributed by atoms with Crippen LogP contribution in [0.25, 0.3) is 10.8 Å². The maximum atomic E-state index is 12.3. The molecule has 0 unspecified atom stereocenters. The van der Waals surface area contributed by atoms with Crippen LogP contribution in [0.1, 0.15) is 19.4 Å². The average molecular weight is 245 g/mol. The minimum absolute atomic E-state index is 0.278. The van der Waals surface area contributed by atoms with Crippen molar-refractivity contribution in [2.45, 2.75) is 26.3 Å². The summed E-state index contributed by atoms with van der Waals surface area (Å²) in [5, 5.41) is 10.5. The number of pyridine rings is 1. The number of aromatic nitrogens is 1. The quantitative estimate of drug-likeness (QED) is 0.881. The molecule has 0 aliphatic rings. The molecule has 0 saturated heterocycles. The molecular formula is C14H15NO3. The first kappa shape index (κ1) is 12.4. The van der Waals surface area contributed by atoms with E-state index in [2.05, 4.69) is 0 Å². The molecule has 2 aromatic rings. The van der Waals surface area contributed by atoms with Gasteiger partial charge in [0.25, 0.3) is 5.56 Å². The highest BCUT2D eigenvalue weighted by Gasteiger charge is 2.30. The van der Waals surface area contributed by atoms with E-state index in [9.17, 15) is 14.7 Å². The Balaban J connectivity index is 2.77. The predicted octanol–water partition coefficient (Wildman–Crippen LogP) is 2.13. The fourth-order valence-electron chi connectivity index (χ4n) is 1.91. The van der Waals surface area contributed by atoms with Crippen LogP contribution < -0.4 is 5.56 Å². The number of hydrogen-bond acceptors (Lipinski definition) is 2. The zero-order chi connectivity index (χ0) is 13.5. The standard InChI is InChI=1S/C14H15NO3/c1-9-4-5-11-10(8-9)6-7-15(12(11)16)14(2,3)13(17)18/h4-8H,1-3H3,(H,17,18). The van der Waals surface area contributed by atoms with E-state index in [1.807, 2.05) is 19.1 Å². The van der Waals surface area contributed by atoms with Crippen LogP contribution in [0.3, 0.4) is 0 Å². The number of aryl methyl sites for hydroxylation is 1. The third kappa shape index (κ3) is 1.79. The van der Waals surface area contributed by atoms with Crippen molar-refractivity contribution < 1.29 is 9.90 Å². The van der Waals surface area contributed by atoms with Crippen molar-refractivity contribution in [2.75, 3.05) is 0 Å². The molecule has 2 rings (SSSR count). The summed E-state index contributed by atoms with van der Waals surface area (Å²) >= 11 is 0. The Morgan fingerprint density at radius 3 is 2.56 bits per heavy atom. The van der Waals surface area contributed by atoms with Gasteiger partial charge in [-0.25, -0.2) is 4.79 Å². The van der Waals surface area contributed by atoms with Crippen LogP contribution in [0.15, 0.2) is 35.3 Å². The van der Waals surface area contributed by atoms with Crippen molar-refractivity contribution in [3.05, 3.63) is 46.4 Å². The lowest BCUT2D eigenvalue weighted by molar-refractivity contribution is -0.145. The largest absolute Gasteiger partial charge is 0.480 e. The topological polar surface area (TPSA) is 59.3 Å². The minimum atomic E-state index is -1.25. The number of carboxylic acid groups (broad SMARTS) is 1. The van der Waals surface area contributed by atoms with Crippen LogP contribution in [-0.2, 0) is 10.3 Å². The highest BCUT2D eigenvalue weighted by molar-refractivity contribution is 5.83. The van der Waals surface area contributed by atoms with Gasteiger partial charge in [0, 0.05) is 11.6 Å². The van der Waals surface area contributed by atoms with Gasteiger partial charge in [0.15, 0.2) is 0 Å². The zero-order valence-corrected chi connectivity index (χ0v) is 10.6. The van der Waals surface area contributed by atoms with Crippen molar-refractivity contribution in [1.29, 1.82) is 0 Å². The molecule has 94 valence electrons. The van der Waals surface area contributed by atoms with E-state index in [0.29, 0.717) is 5.39 Å². The molecule has 1 heterocycles. The first-order valence-corrected chi connectivity index (χ1v) is 5.70. The molecule has 0 bridgehead atoms. The Bertz CT molecular complexity index is 683. The average Bonchev–Trinajstić information content (AvgIpc) is 2.28. The molecule has 4 heteroatoms. The lowest BCUT2D eigenvalue weighted by atomic mass is 10.0. The Labute approximate surface area is 104 Å². The molecule has 0 radical (unpaired) electrons. The molecule has 4 nitrogen and oxygen atoms in total. The number of carboxylic acids is 1. The number of carbonyl (C=O) groups is 1. The van der Waals surface area contributed by atoms with Gasteiger partial charge in [-0.1, -0.05) is 17.7 Å². The second-order valence-corrected chi connectivity index (χ2v) is 4.95. The Hall–Kier alpha value is -2.10. The number of aliphatic carboxylic acids is 1. The Morgan fingerprint density at radius 1 is 1.28 bits per heavy atom. The summed E-state index contributed by atoms with van der Waals surface area (Å²) in [5.74, 6) is -1.03. The molecule has 1 aromatic heterocycles. The highest BCUT2D eigenvalue weighted by Crippen LogP contribution is 2.17. The highest BCUT2D eigenvalue weighted by atomic mass is 16.4. The van der Waals surface area contributed by atoms with Gasteiger partial charge in [0.1, 0.15) is 5.54 Å². The molecule has 0 saturated carbocycles. The molecule has 0 spiro atoms. The molecule has 0 aliphatic carbocycles. The fraction of sp³-hybridized carbons (Fsp3) is 0.286. The van der Waals surface area contributed by atoms with E-state index < -0.39 is 11.5 Å². The van der Waals surface area contributed by atoms with Crippen molar-refractivity contribution in [3.8, 4) is 0 Å². The monoisotopic (exact) mass is 245 g/mol. The van der Waals surface area contributed by atoms with Crippen LogP contribution in [0.2, 0.25) is 0 Å². The molecule has 1 aromatic carbocycles. The van der Waals surface area contributed by atoms with Gasteiger partial charge < -0.3 is 5.11 Å². The summed E-state index contributed by atoms with van der Waals surface area (Å²) in [4.78, 5) is 23.5. The van der Waals surface area contributed by atoms with E-state index in [1.54, 1.807) is 12.1 Å². The van der Waals surface area contributed by atoms with E-state index in [1.165, 1.54) is 24.6 Å². The van der Waals surface area contributed by atoms with Crippen molar-refractivity contribution >= 4 is 16.7 Å². The summed E-state index contributed by atoms with van der Waals surface area (Å²) in [6.45, 7) is 4.97. The molecular weight excluding hydrogens is 230 g/mol. The van der Waals surface area contributed by atoms with Gasteiger partial charge in [0.05, 0.1) is 0 Å². The molecule has 0 atom stereocenters. The van der Waals surface area contributed by atoms with Gasteiger partial charge in [-0.3, -0.25) is 9.36 Å². The molecule has 18 heavy (non-hydrogen) atoms. The maximum absolute atomic E-state index is 12.3. The number of nitrogens with zero attached hydrogens (tertiary/aromatic N) is 1. The van der Waals surface area contributed by atoms with Crippen molar-refractivity contribution in [2.24, 2.45) is 0 Å². The SMILES string of the molecule is Cc1ccc2c(=O)n(C(C)(C)C(=O)O)ccc2c1. The van der Waals surface area contributed by atoms with Gasteiger partial charge in [-0.15, -0.1) is 0 Å². The van der Waals surface area contributed by atoms with Gasteiger partial charge in [0.2, 0.25) is 0 Å². The number of fused-ring (bicyclic) bond motifs is 1. The summed E-state index contributed by atoms with van der Waals surface area (Å²) in [5.41, 5.74) is -0.465. The minimum Gasteiger partial charge on any atom is -0.480 e. The van der Waals surface area contributed by atoms with Crippen LogP contribution in [0, 0.1) is 6.92 Å². The van der Waals surface area contributed by atoms with Crippen LogP contribution in [-0.4, -0.2) is 15.6 Å². The summed E-state index contributed by atoms with van der Waals surface area (Å²) < 4.78 is 1.26. The van der Waals surface area contributed by atoms with Crippen LogP contribution in [0.5, 0.6) is 0 Å². The molecule has 0 amide bonds. The number of benzene rings is 1. The smallest absolute Gasteiger partial charge is 0.329 e. The Kier molecular flexibility index (Phi) is 2.73. The zero-order valence-electron chi connectivity index (χ0n) is 10.6. The predicted molar refractivity (Wildman–Crippen MR) is 69.9 cm³/mol. The summed E-state index contributed by atoms with van der Waals surface area (Å²) in [6.07, 6.45) is 1.54. The first-order chi connectivity index (χ1) is 8.34. The van der Waals surface area contributed by atoms with Crippen molar-refractivity contribution in [3.63, 3.8) is 0 Å². The number of hydrogen-bond donors (Lipinski definition) is 1. The maximum Gasteiger partial charge on any atom is 0.329 e. The first-order valence-electron chi connectivity index (χ1n) is 5.70. The van der Waals surface area contributed by atoms with Gasteiger partial charge in [-0.05, 0) is 38.3 Å². The molecule has 0 fully saturated rings. The normalized spacial score (nSPS) is 11.7. The van der Waals surface area contributed by atoms with E-state index in [-0.39, 0.29) is 5.56 Å². The van der Waals surface area contributed by atoms with E-state index >= 15 is 0 Å². The third-order valence-corrected chi connectivity index (χ3v) is 3.19. The van der Waals surface area contributed by atoms with E-state index in [4.69, 9.17) is 0 Å². The summed E-state index contributed by atoms with van der Waals surface area (Å²) in [6, 6.07) is 7.27. The second kappa shape index (κ2) is 3.98. The fourth-order valence-corrected chi connectivity index (χ4v) is 1.91. The number of rotatable bonds is 2. The lowest BCUT2D eigenvalue weighted by Crippen LogP contribution is -2.42. The molecule has 1 N–H and O–H groups in total. The molecule has 0 aliphatic heterocycles. The lowest BCUT2D eigenvalue weighted by Gasteiger charge is -2.22. The van der Waals surface area contributed by atoms with Gasteiger partial charge in [-0.2, -0.15) is 0 Å². The second-order valence-electron chi connectivity index (χ2n) is 4.95. The third-order valence-electron chi connectivity index (χ3n) is 3.19.